The van der Waals surface area contributed by atoms with Crippen molar-refractivity contribution in [2.45, 2.75) is 22.0 Å². The maximum Gasteiger partial charge on any atom is 0.261 e. The number of hydrogen-bond acceptors (Lipinski definition) is 5. The van der Waals surface area contributed by atoms with Gasteiger partial charge in [-0.05, 0) is 43.3 Å². The smallest absolute Gasteiger partial charge is 0.261 e. The molecule has 3 rings (SSSR count). The monoisotopic (exact) mass is 398 g/mol. The summed E-state index contributed by atoms with van der Waals surface area (Å²) >= 11 is 7.35. The number of amides is 1. The predicted octanol–water partition coefficient (Wildman–Crippen LogP) is 3.58. The summed E-state index contributed by atoms with van der Waals surface area (Å²) < 4.78 is 32.8. The molecule has 1 unspecified atom stereocenters. The summed E-state index contributed by atoms with van der Waals surface area (Å²) in [5.41, 5.74) is 0.942. The Morgan fingerprint density at radius 1 is 1.24 bits per heavy atom. The van der Waals surface area contributed by atoms with E-state index in [1.54, 1.807) is 31.2 Å². The Bertz CT molecular complexity index is 947. The van der Waals surface area contributed by atoms with Gasteiger partial charge in [0.1, 0.15) is 5.75 Å². The molecule has 1 aliphatic heterocycles. The third kappa shape index (κ3) is 3.70. The number of ether oxygens (including phenoxy) is 1. The van der Waals surface area contributed by atoms with Crippen molar-refractivity contribution in [1.82, 2.24) is 0 Å². The topological polar surface area (TPSA) is 84.5 Å². The molecule has 0 aliphatic carbocycles. The van der Waals surface area contributed by atoms with Gasteiger partial charge in [0, 0.05) is 4.90 Å². The minimum Gasteiger partial charge on any atom is -0.495 e. The van der Waals surface area contributed by atoms with Crippen LogP contribution in [0.3, 0.4) is 0 Å². The number of nitrogens with one attached hydrogen (secondary N) is 2. The summed E-state index contributed by atoms with van der Waals surface area (Å²) in [7, 11) is -2.31. The molecule has 2 N–H and O–H groups in total. The van der Waals surface area contributed by atoms with E-state index in [4.69, 9.17) is 16.3 Å². The Kier molecular flexibility index (Phi) is 4.86. The Morgan fingerprint density at radius 2 is 2.00 bits per heavy atom. The van der Waals surface area contributed by atoms with Crippen molar-refractivity contribution in [3.63, 3.8) is 0 Å². The number of anilines is 2. The number of carbonyl (C=O) groups is 1. The van der Waals surface area contributed by atoms with Gasteiger partial charge in [0.2, 0.25) is 5.91 Å². The van der Waals surface area contributed by atoms with Gasteiger partial charge in [-0.1, -0.05) is 11.6 Å². The summed E-state index contributed by atoms with van der Waals surface area (Å²) in [5, 5.41) is 2.78. The molecule has 1 amide bonds. The molecule has 1 aliphatic rings. The van der Waals surface area contributed by atoms with Crippen molar-refractivity contribution in [2.24, 2.45) is 0 Å². The highest BCUT2D eigenvalue weighted by molar-refractivity contribution is 8.01. The summed E-state index contributed by atoms with van der Waals surface area (Å²) in [5.74, 6) is 0.360. The number of methoxy groups -OCH3 is 1. The first-order chi connectivity index (χ1) is 11.8. The van der Waals surface area contributed by atoms with Crippen LogP contribution in [0.15, 0.2) is 46.2 Å². The summed E-state index contributed by atoms with van der Waals surface area (Å²) in [6, 6.07) is 9.21. The Balaban J connectivity index is 1.89. The lowest BCUT2D eigenvalue weighted by molar-refractivity contribution is -0.115. The van der Waals surface area contributed by atoms with Gasteiger partial charge in [-0.3, -0.25) is 9.52 Å². The van der Waals surface area contributed by atoms with Gasteiger partial charge >= 0.3 is 0 Å². The van der Waals surface area contributed by atoms with Gasteiger partial charge < -0.3 is 10.1 Å². The summed E-state index contributed by atoms with van der Waals surface area (Å²) in [6.45, 7) is 1.77. The molecule has 0 bridgehead atoms. The molecular formula is C16H15ClN2O4S2. The molecule has 1 atom stereocenters. The average Bonchev–Trinajstić information content (AvgIpc) is 2.55. The second-order valence-corrected chi connectivity index (χ2v) is 8.83. The van der Waals surface area contributed by atoms with Gasteiger partial charge in [0.25, 0.3) is 10.0 Å². The third-order valence-corrected chi connectivity index (χ3v) is 6.43. The minimum atomic E-state index is -3.79. The predicted molar refractivity (Wildman–Crippen MR) is 99.2 cm³/mol. The van der Waals surface area contributed by atoms with Crippen LogP contribution < -0.4 is 14.8 Å². The summed E-state index contributed by atoms with van der Waals surface area (Å²) in [4.78, 5) is 12.5. The number of halogens is 1. The van der Waals surface area contributed by atoms with Gasteiger partial charge in [0.15, 0.2) is 0 Å². The van der Waals surface area contributed by atoms with Crippen molar-refractivity contribution in [3.05, 3.63) is 41.4 Å². The van der Waals surface area contributed by atoms with Crippen molar-refractivity contribution in [2.75, 3.05) is 17.1 Å². The molecule has 0 aromatic heterocycles. The highest BCUT2D eigenvalue weighted by atomic mass is 35.5. The number of benzene rings is 2. The third-order valence-electron chi connectivity index (χ3n) is 3.60. The molecule has 0 saturated heterocycles. The van der Waals surface area contributed by atoms with E-state index in [2.05, 4.69) is 10.0 Å². The summed E-state index contributed by atoms with van der Waals surface area (Å²) in [6.07, 6.45) is 0. The van der Waals surface area contributed by atoms with Crippen LogP contribution in [-0.4, -0.2) is 26.7 Å². The fourth-order valence-electron chi connectivity index (χ4n) is 2.29. The van der Waals surface area contributed by atoms with Crippen LogP contribution in [0.2, 0.25) is 5.02 Å². The average molecular weight is 399 g/mol. The van der Waals surface area contributed by atoms with Gasteiger partial charge in [-0.15, -0.1) is 11.8 Å². The molecule has 2 aromatic carbocycles. The van der Waals surface area contributed by atoms with E-state index in [0.29, 0.717) is 27.0 Å². The number of fused-ring (bicyclic) bond motifs is 1. The lowest BCUT2D eigenvalue weighted by atomic mass is 10.3. The van der Waals surface area contributed by atoms with Crippen LogP contribution in [-0.2, 0) is 14.8 Å². The molecule has 1 heterocycles. The molecule has 132 valence electrons. The first kappa shape index (κ1) is 17.9. The number of rotatable bonds is 4. The molecule has 2 aromatic rings. The number of sulfonamides is 1. The molecular weight excluding hydrogens is 384 g/mol. The van der Waals surface area contributed by atoms with Gasteiger partial charge in [0.05, 0.1) is 33.7 Å². The van der Waals surface area contributed by atoms with Crippen LogP contribution in [0.5, 0.6) is 5.75 Å². The number of carbonyl (C=O) groups excluding carboxylic acids is 1. The minimum absolute atomic E-state index is 0.0980. The van der Waals surface area contributed by atoms with Crippen LogP contribution in [0.4, 0.5) is 11.4 Å². The maximum atomic E-state index is 12.6. The van der Waals surface area contributed by atoms with E-state index in [1.165, 1.54) is 31.0 Å². The molecule has 0 radical (unpaired) electrons. The number of hydrogen-bond donors (Lipinski definition) is 2. The lowest BCUT2D eigenvalue weighted by Gasteiger charge is -2.22. The Hall–Kier alpha value is -1.90. The normalized spacial score (nSPS) is 16.8. The maximum absolute atomic E-state index is 12.6. The largest absolute Gasteiger partial charge is 0.495 e. The van der Waals surface area contributed by atoms with E-state index in [0.717, 1.165) is 0 Å². The Labute approximate surface area is 155 Å². The zero-order valence-electron chi connectivity index (χ0n) is 13.4. The van der Waals surface area contributed by atoms with E-state index in [1.807, 2.05) is 0 Å². The first-order valence-electron chi connectivity index (χ1n) is 7.28. The van der Waals surface area contributed by atoms with E-state index >= 15 is 0 Å². The molecule has 0 spiro atoms. The molecule has 0 fully saturated rings. The molecule has 6 nitrogen and oxygen atoms in total. The molecule has 0 saturated carbocycles. The van der Waals surface area contributed by atoms with Gasteiger partial charge in [-0.25, -0.2) is 8.42 Å². The van der Waals surface area contributed by atoms with Crippen LogP contribution in [0.1, 0.15) is 6.92 Å². The second-order valence-electron chi connectivity index (χ2n) is 5.36. The van der Waals surface area contributed by atoms with Crippen molar-refractivity contribution in [3.8, 4) is 5.75 Å². The van der Waals surface area contributed by atoms with E-state index in [9.17, 15) is 13.2 Å². The highest BCUT2D eigenvalue weighted by Crippen LogP contribution is 2.37. The van der Waals surface area contributed by atoms with Crippen LogP contribution in [0.25, 0.3) is 0 Å². The standard InChI is InChI=1S/C16H15ClN2O4S2/c1-9-16(20)18-13-5-4-11(8-15(13)24-9)25(21,22)19-10-3-6-14(23-2)12(17)7-10/h3-9,19H,1-2H3,(H,18,20). The zero-order valence-corrected chi connectivity index (χ0v) is 15.8. The second kappa shape index (κ2) is 6.78. The first-order valence-corrected chi connectivity index (χ1v) is 10.0. The van der Waals surface area contributed by atoms with E-state index < -0.39 is 10.0 Å². The fraction of sp³-hybridized carbons (Fsp3) is 0.188. The van der Waals surface area contributed by atoms with Crippen LogP contribution >= 0.6 is 23.4 Å². The van der Waals surface area contributed by atoms with Crippen molar-refractivity contribution in [1.29, 1.82) is 0 Å². The fourth-order valence-corrected chi connectivity index (χ4v) is 4.69. The quantitative estimate of drug-likeness (QED) is 0.822. The molecule has 9 heteroatoms. The lowest BCUT2D eigenvalue weighted by Crippen LogP contribution is -2.26. The van der Waals surface area contributed by atoms with Crippen LogP contribution in [0, 0.1) is 0 Å². The zero-order chi connectivity index (χ0) is 18.2. The number of thioether (sulfide) groups is 1. The SMILES string of the molecule is COc1ccc(NS(=O)(=O)c2ccc3c(c2)SC(C)C(=O)N3)cc1Cl. The highest BCUT2D eigenvalue weighted by Gasteiger charge is 2.25. The van der Waals surface area contributed by atoms with Crippen molar-refractivity contribution < 1.29 is 17.9 Å². The molecule has 25 heavy (non-hydrogen) atoms. The van der Waals surface area contributed by atoms with E-state index in [-0.39, 0.29) is 16.1 Å². The van der Waals surface area contributed by atoms with Crippen molar-refractivity contribution >= 4 is 50.7 Å². The van der Waals surface area contributed by atoms with Gasteiger partial charge in [-0.2, -0.15) is 0 Å². The Morgan fingerprint density at radius 3 is 2.68 bits per heavy atom.